The Bertz CT molecular complexity index is 129. The van der Waals surface area contributed by atoms with E-state index in [0.29, 0.717) is 0 Å². The Kier molecular flexibility index (Phi) is 4.03. The van der Waals surface area contributed by atoms with Gasteiger partial charge in [-0.1, -0.05) is 0 Å². The van der Waals surface area contributed by atoms with Crippen molar-refractivity contribution in [2.45, 2.75) is 6.55 Å². The number of hydrogen-bond donors (Lipinski definition) is 0. The zero-order valence-corrected chi connectivity index (χ0v) is 7.38. The van der Waals surface area contributed by atoms with Gasteiger partial charge in [0, 0.05) is 14.2 Å². The first-order valence-corrected chi connectivity index (χ1v) is 5.32. The van der Waals surface area contributed by atoms with E-state index in [0.717, 1.165) is 0 Å². The smallest absolute Gasteiger partial charge is 0.374 e. The summed E-state index contributed by atoms with van der Waals surface area (Å²) in [6.07, 6.45) is 1.81. The third kappa shape index (κ3) is 2.82. The topological polar surface area (TPSA) is 51.5 Å². The minimum atomic E-state index is -2.16. The van der Waals surface area contributed by atoms with Crippen LogP contribution in [0.3, 0.4) is 0 Å². The van der Waals surface area contributed by atoms with Crippen LogP contribution in [-0.4, -0.2) is 29.0 Å². The molecule has 0 aliphatic heterocycles. The van der Waals surface area contributed by atoms with Gasteiger partial charge < -0.3 is 13.6 Å². The van der Waals surface area contributed by atoms with E-state index in [1.807, 2.05) is 6.55 Å². The van der Waals surface area contributed by atoms with Crippen molar-refractivity contribution < 1.29 is 13.6 Å². The minimum absolute atomic E-state index is 0.247. The van der Waals surface area contributed by atoms with E-state index in [1.165, 1.54) is 0 Å². The summed E-state index contributed by atoms with van der Waals surface area (Å²) in [6, 6.07) is 0. The fourth-order valence-electron chi connectivity index (χ4n) is 0.365. The summed E-state index contributed by atoms with van der Waals surface area (Å²) in [5.41, 5.74) is 0. The van der Waals surface area contributed by atoms with Crippen LogP contribution in [-0.2, 0) is 13.6 Å². The van der Waals surface area contributed by atoms with Crippen LogP contribution < -0.4 is 0 Å². The Hall–Kier alpha value is -0.573. The summed E-state index contributed by atoms with van der Waals surface area (Å²) in [5, 5.41) is 8.06. The molecule has 58 valence electrons. The minimum Gasteiger partial charge on any atom is -0.426 e. The molecule has 0 saturated carbocycles. The average Bonchev–Trinajstić information content (AvgIpc) is 2.00. The van der Waals surface area contributed by atoms with Crippen molar-refractivity contribution in [1.82, 2.24) is 0 Å². The van der Waals surface area contributed by atoms with Crippen molar-refractivity contribution in [2.24, 2.45) is 0 Å². The van der Waals surface area contributed by atoms with Crippen molar-refractivity contribution in [3.8, 4) is 6.26 Å². The molecule has 10 heavy (non-hydrogen) atoms. The van der Waals surface area contributed by atoms with Gasteiger partial charge in [-0.05, 0) is 6.55 Å². The highest BCUT2D eigenvalue weighted by Crippen LogP contribution is 2.03. The van der Waals surface area contributed by atoms with Crippen LogP contribution in [0.5, 0.6) is 0 Å². The number of nitrogens with zero attached hydrogens (tertiary/aromatic N) is 1. The first-order valence-electron chi connectivity index (χ1n) is 2.79. The highest BCUT2D eigenvalue weighted by atomic mass is 28.4. The quantitative estimate of drug-likeness (QED) is 0.442. The zero-order valence-electron chi connectivity index (χ0n) is 6.38. The molecular weight excluding hydrogens is 150 g/mol. The molecule has 0 aliphatic carbocycles. The van der Waals surface area contributed by atoms with Gasteiger partial charge >= 0.3 is 8.56 Å². The molecule has 0 heterocycles. The van der Waals surface area contributed by atoms with E-state index < -0.39 is 8.56 Å². The largest absolute Gasteiger partial charge is 0.426 e. The molecule has 0 aromatic carbocycles. The van der Waals surface area contributed by atoms with Crippen LogP contribution in [0, 0.1) is 11.5 Å². The maximum Gasteiger partial charge on any atom is 0.374 e. The molecule has 0 amide bonds. The summed E-state index contributed by atoms with van der Waals surface area (Å²) in [6.45, 7) is 1.82. The first-order chi connectivity index (χ1) is 4.68. The molecule has 0 rings (SSSR count). The summed E-state index contributed by atoms with van der Waals surface area (Å²) in [4.78, 5) is 0. The van der Waals surface area contributed by atoms with E-state index in [1.54, 1.807) is 20.5 Å². The van der Waals surface area contributed by atoms with Gasteiger partial charge in [-0.3, -0.25) is 0 Å². The highest BCUT2D eigenvalue weighted by molar-refractivity contribution is 6.65. The average molecular weight is 161 g/mol. The lowest BCUT2D eigenvalue weighted by molar-refractivity contribution is 0.198. The fourth-order valence-corrected chi connectivity index (χ4v) is 1.09. The van der Waals surface area contributed by atoms with E-state index in [9.17, 15) is 0 Å². The molecule has 0 radical (unpaired) electrons. The van der Waals surface area contributed by atoms with Crippen molar-refractivity contribution >= 4 is 8.56 Å². The van der Waals surface area contributed by atoms with Gasteiger partial charge in [-0.2, -0.15) is 5.26 Å². The molecular formula is C5H11NO3Si. The monoisotopic (exact) mass is 161 g/mol. The lowest BCUT2D eigenvalue weighted by atomic mass is 11.5. The van der Waals surface area contributed by atoms with Gasteiger partial charge in [0.2, 0.25) is 0 Å². The van der Waals surface area contributed by atoms with E-state index in [2.05, 4.69) is 4.74 Å². The van der Waals surface area contributed by atoms with Gasteiger partial charge in [0.25, 0.3) is 6.26 Å². The van der Waals surface area contributed by atoms with Crippen LogP contribution in [0.15, 0.2) is 0 Å². The molecule has 0 aromatic heterocycles. The lowest BCUT2D eigenvalue weighted by Crippen LogP contribution is -2.41. The van der Waals surface area contributed by atoms with Crippen LogP contribution in [0.2, 0.25) is 6.55 Å². The first kappa shape index (κ1) is 9.43. The summed E-state index contributed by atoms with van der Waals surface area (Å²) in [5.74, 6) is 0. The molecule has 0 atom stereocenters. The molecule has 4 nitrogen and oxygen atoms in total. The predicted octanol–water partition coefficient (Wildman–Crippen LogP) is 0.388. The Morgan fingerprint density at radius 2 is 1.90 bits per heavy atom. The maximum absolute atomic E-state index is 8.06. The Labute approximate surface area is 61.6 Å². The Morgan fingerprint density at radius 3 is 2.20 bits per heavy atom. The Morgan fingerprint density at radius 1 is 1.40 bits per heavy atom. The Balaban J connectivity index is 3.71. The van der Waals surface area contributed by atoms with Gasteiger partial charge in [-0.15, -0.1) is 0 Å². The third-order valence-electron chi connectivity index (χ3n) is 1.26. The van der Waals surface area contributed by atoms with Crippen molar-refractivity contribution in [3.63, 3.8) is 0 Å². The second-order valence-corrected chi connectivity index (χ2v) is 5.29. The molecule has 0 aliphatic rings. The highest BCUT2D eigenvalue weighted by Gasteiger charge is 2.29. The molecule has 0 aromatic rings. The zero-order chi connectivity index (χ0) is 8.04. The van der Waals surface area contributed by atoms with Gasteiger partial charge in [0.1, 0.15) is 6.23 Å². The fraction of sp³-hybridized carbons (Fsp3) is 0.800. The standard InChI is InChI=1S/C5H11NO3Si/c1-7-10(3,8-2)5-9-4-6/h5H2,1-3H3. The van der Waals surface area contributed by atoms with E-state index in [-0.39, 0.29) is 6.23 Å². The van der Waals surface area contributed by atoms with E-state index in [4.69, 9.17) is 14.1 Å². The molecule has 0 fully saturated rings. The lowest BCUT2D eigenvalue weighted by Gasteiger charge is -2.19. The molecule has 0 unspecified atom stereocenters. The van der Waals surface area contributed by atoms with Gasteiger partial charge in [-0.25, -0.2) is 0 Å². The van der Waals surface area contributed by atoms with Crippen LogP contribution in [0.4, 0.5) is 0 Å². The molecule has 0 spiro atoms. The van der Waals surface area contributed by atoms with Crippen LogP contribution in [0.1, 0.15) is 0 Å². The van der Waals surface area contributed by atoms with Crippen LogP contribution >= 0.6 is 0 Å². The van der Waals surface area contributed by atoms with Crippen LogP contribution in [0.25, 0.3) is 0 Å². The van der Waals surface area contributed by atoms with Crippen molar-refractivity contribution in [2.75, 3.05) is 20.4 Å². The second kappa shape index (κ2) is 4.28. The normalized spacial score (nSPS) is 10.6. The molecule has 0 N–H and O–H groups in total. The van der Waals surface area contributed by atoms with E-state index >= 15 is 0 Å². The van der Waals surface area contributed by atoms with Crippen molar-refractivity contribution in [1.29, 1.82) is 5.26 Å². The van der Waals surface area contributed by atoms with Gasteiger partial charge in [0.15, 0.2) is 0 Å². The summed E-state index contributed by atoms with van der Waals surface area (Å²) < 4.78 is 14.6. The summed E-state index contributed by atoms with van der Waals surface area (Å²) in [7, 11) is 0.941. The SMILES string of the molecule is CO[Si](C)(COC#N)OC. The van der Waals surface area contributed by atoms with Crippen molar-refractivity contribution in [3.05, 3.63) is 0 Å². The maximum atomic E-state index is 8.06. The molecule has 0 bridgehead atoms. The predicted molar refractivity (Wildman–Crippen MR) is 37.2 cm³/mol. The molecule has 5 heteroatoms. The number of rotatable bonds is 4. The number of hydrogen-bond acceptors (Lipinski definition) is 4. The number of ether oxygens (including phenoxy) is 1. The summed E-state index contributed by atoms with van der Waals surface area (Å²) >= 11 is 0. The van der Waals surface area contributed by atoms with Gasteiger partial charge in [0.05, 0.1) is 0 Å². The second-order valence-electron chi connectivity index (χ2n) is 1.92. The molecule has 0 saturated heterocycles. The number of nitriles is 1. The third-order valence-corrected chi connectivity index (χ3v) is 3.66.